The van der Waals surface area contributed by atoms with Gasteiger partial charge in [-0.1, -0.05) is 0 Å². The van der Waals surface area contributed by atoms with E-state index in [4.69, 9.17) is 0 Å². The first kappa shape index (κ1) is 17.8. The molecule has 3 aliphatic heterocycles. The molecule has 1 amide bonds. The van der Waals surface area contributed by atoms with Gasteiger partial charge in [-0.15, -0.1) is 0 Å². The van der Waals surface area contributed by atoms with Gasteiger partial charge in [0.05, 0.1) is 5.60 Å². The molecule has 26 heavy (non-hydrogen) atoms. The van der Waals surface area contributed by atoms with Crippen LogP contribution in [-0.2, 0) is 0 Å². The molecule has 3 fully saturated rings. The summed E-state index contributed by atoms with van der Waals surface area (Å²) in [6.07, 6.45) is 1.48. The Morgan fingerprint density at radius 3 is 2.58 bits per heavy atom. The molecule has 2 N–H and O–H groups in total. The van der Waals surface area contributed by atoms with Gasteiger partial charge in [0.25, 0.3) is 5.91 Å². The lowest BCUT2D eigenvalue weighted by Crippen LogP contribution is -2.59. The zero-order valence-electron chi connectivity index (χ0n) is 15.7. The predicted octanol–water partition coefficient (Wildman–Crippen LogP) is 0.625. The van der Waals surface area contributed by atoms with Gasteiger partial charge in [0.15, 0.2) is 0 Å². The fourth-order valence-electron chi connectivity index (χ4n) is 4.47. The largest absolute Gasteiger partial charge is 0.389 e. The van der Waals surface area contributed by atoms with Crippen LogP contribution in [0.3, 0.4) is 0 Å². The molecule has 2 atom stereocenters. The van der Waals surface area contributed by atoms with Gasteiger partial charge in [-0.2, -0.15) is 0 Å². The van der Waals surface area contributed by atoms with E-state index in [1.165, 1.54) is 5.69 Å². The van der Waals surface area contributed by atoms with Crippen molar-refractivity contribution < 1.29 is 9.90 Å². The lowest BCUT2D eigenvalue weighted by Gasteiger charge is -2.47. The molecule has 0 aliphatic carbocycles. The molecule has 3 saturated heterocycles. The van der Waals surface area contributed by atoms with Crippen molar-refractivity contribution in [3.8, 4) is 0 Å². The summed E-state index contributed by atoms with van der Waals surface area (Å²) < 4.78 is 0. The number of fused-ring (bicyclic) bond motifs is 1. The van der Waals surface area contributed by atoms with E-state index in [-0.39, 0.29) is 11.8 Å². The molecule has 3 heterocycles. The number of benzene rings is 1. The van der Waals surface area contributed by atoms with E-state index in [0.29, 0.717) is 19.5 Å². The van der Waals surface area contributed by atoms with Crippen molar-refractivity contribution in [3.05, 3.63) is 29.8 Å². The van der Waals surface area contributed by atoms with Gasteiger partial charge in [-0.3, -0.25) is 4.79 Å². The van der Waals surface area contributed by atoms with Gasteiger partial charge in [0.1, 0.15) is 0 Å². The number of rotatable bonds is 2. The summed E-state index contributed by atoms with van der Waals surface area (Å²) in [6.45, 7) is 7.16. The number of hydrogen-bond acceptors (Lipinski definition) is 5. The third-order valence-corrected chi connectivity index (χ3v) is 6.41. The first-order chi connectivity index (χ1) is 12.5. The van der Waals surface area contributed by atoms with Gasteiger partial charge in [0.2, 0.25) is 0 Å². The highest BCUT2D eigenvalue weighted by Crippen LogP contribution is 2.33. The average molecular weight is 358 g/mol. The number of hydrogen-bond donors (Lipinski definition) is 2. The van der Waals surface area contributed by atoms with Crippen molar-refractivity contribution in [3.63, 3.8) is 0 Å². The molecular formula is C20H30N4O2. The zero-order chi connectivity index (χ0) is 18.1. The van der Waals surface area contributed by atoms with Crippen LogP contribution < -0.4 is 10.2 Å². The molecule has 0 aromatic heterocycles. The van der Waals surface area contributed by atoms with E-state index in [9.17, 15) is 9.90 Å². The maximum Gasteiger partial charge on any atom is 0.253 e. The van der Waals surface area contributed by atoms with E-state index < -0.39 is 5.60 Å². The first-order valence-corrected chi connectivity index (χ1v) is 9.81. The minimum Gasteiger partial charge on any atom is -0.389 e. The van der Waals surface area contributed by atoms with Gasteiger partial charge in [-0.25, -0.2) is 0 Å². The Labute approximate surface area is 155 Å². The van der Waals surface area contributed by atoms with Gasteiger partial charge >= 0.3 is 0 Å². The van der Waals surface area contributed by atoms with Crippen molar-refractivity contribution in [2.45, 2.75) is 18.4 Å². The monoisotopic (exact) mass is 358 g/mol. The normalized spacial score (nSPS) is 30.2. The summed E-state index contributed by atoms with van der Waals surface area (Å²) in [4.78, 5) is 19.5. The molecule has 0 spiro atoms. The second-order valence-electron chi connectivity index (χ2n) is 8.09. The van der Waals surface area contributed by atoms with Crippen molar-refractivity contribution in [2.24, 2.45) is 5.92 Å². The molecular weight excluding hydrogens is 328 g/mol. The molecule has 4 rings (SSSR count). The van der Waals surface area contributed by atoms with Crippen LogP contribution in [-0.4, -0.2) is 85.8 Å². The van der Waals surface area contributed by atoms with E-state index in [1.54, 1.807) is 0 Å². The number of aliphatic hydroxyl groups is 1. The molecule has 6 heteroatoms. The summed E-state index contributed by atoms with van der Waals surface area (Å²) in [6, 6.07) is 8.05. The number of carbonyl (C=O) groups excluding carboxylic acids is 1. The third-order valence-electron chi connectivity index (χ3n) is 6.41. The second-order valence-corrected chi connectivity index (χ2v) is 8.09. The molecule has 1 aromatic carbocycles. The Hall–Kier alpha value is -1.63. The van der Waals surface area contributed by atoms with Crippen molar-refractivity contribution in [1.82, 2.24) is 15.1 Å². The quantitative estimate of drug-likeness (QED) is 0.812. The number of amides is 1. The third kappa shape index (κ3) is 3.46. The van der Waals surface area contributed by atoms with Gasteiger partial charge < -0.3 is 25.1 Å². The van der Waals surface area contributed by atoms with Crippen LogP contribution in [0.2, 0.25) is 0 Å². The number of nitrogens with one attached hydrogen (secondary N) is 1. The summed E-state index contributed by atoms with van der Waals surface area (Å²) >= 11 is 0. The number of piperazine rings is 1. The maximum atomic E-state index is 12.9. The lowest BCUT2D eigenvalue weighted by molar-refractivity contribution is -0.0817. The second kappa shape index (κ2) is 7.18. The summed E-state index contributed by atoms with van der Waals surface area (Å²) in [5, 5.41) is 14.1. The minimum absolute atomic E-state index is 0.0857. The fraction of sp³-hybridized carbons (Fsp3) is 0.650. The van der Waals surface area contributed by atoms with Crippen LogP contribution in [0.4, 0.5) is 5.69 Å². The number of piperidine rings is 2. The van der Waals surface area contributed by atoms with Crippen LogP contribution in [0.15, 0.2) is 24.3 Å². The molecule has 3 aliphatic rings. The molecule has 142 valence electrons. The van der Waals surface area contributed by atoms with E-state index in [2.05, 4.69) is 34.3 Å². The Kier molecular flexibility index (Phi) is 4.90. The average Bonchev–Trinajstić information content (AvgIpc) is 2.67. The van der Waals surface area contributed by atoms with E-state index in [0.717, 1.165) is 51.3 Å². The Morgan fingerprint density at radius 1 is 1.12 bits per heavy atom. The lowest BCUT2D eigenvalue weighted by atomic mass is 9.76. The molecule has 6 nitrogen and oxygen atoms in total. The predicted molar refractivity (Wildman–Crippen MR) is 103 cm³/mol. The van der Waals surface area contributed by atoms with Crippen LogP contribution in [0.5, 0.6) is 0 Å². The Balaban J connectivity index is 1.40. The van der Waals surface area contributed by atoms with Crippen LogP contribution in [0.25, 0.3) is 0 Å². The number of likely N-dealkylation sites (N-methyl/N-ethyl adjacent to an activating group) is 1. The standard InChI is InChI=1S/C20H30N4O2/c1-22-10-12-23(13-11-22)18-4-2-16(3-5-18)19(25)24-9-7-20(26)6-8-21-14-17(20)15-24/h2-5,17,21,26H,6-15H2,1H3/t17-,20-/m0/s1. The van der Waals surface area contributed by atoms with Crippen molar-refractivity contribution in [2.75, 3.05) is 64.3 Å². The summed E-state index contributed by atoms with van der Waals surface area (Å²) in [5.74, 6) is 0.223. The van der Waals surface area contributed by atoms with Crippen molar-refractivity contribution in [1.29, 1.82) is 0 Å². The maximum absolute atomic E-state index is 12.9. The summed E-state index contributed by atoms with van der Waals surface area (Å²) in [5.41, 5.74) is 1.35. The van der Waals surface area contributed by atoms with Gasteiger partial charge in [-0.05, 0) is 50.7 Å². The highest BCUT2D eigenvalue weighted by Gasteiger charge is 2.43. The highest BCUT2D eigenvalue weighted by atomic mass is 16.3. The highest BCUT2D eigenvalue weighted by molar-refractivity contribution is 5.94. The van der Waals surface area contributed by atoms with Gasteiger partial charge in [0, 0.05) is 63.0 Å². The first-order valence-electron chi connectivity index (χ1n) is 9.81. The fourth-order valence-corrected chi connectivity index (χ4v) is 4.47. The van der Waals surface area contributed by atoms with Crippen LogP contribution >= 0.6 is 0 Å². The molecule has 0 bridgehead atoms. The summed E-state index contributed by atoms with van der Waals surface area (Å²) in [7, 11) is 2.15. The number of likely N-dealkylation sites (tertiary alicyclic amines) is 1. The van der Waals surface area contributed by atoms with E-state index in [1.807, 2.05) is 17.0 Å². The topological polar surface area (TPSA) is 59.0 Å². The molecule has 0 saturated carbocycles. The molecule has 1 aromatic rings. The Morgan fingerprint density at radius 2 is 1.85 bits per heavy atom. The SMILES string of the molecule is CN1CCN(c2ccc(C(=O)N3CC[C@@]4(O)CCNC[C@H]4C3)cc2)CC1. The molecule has 0 unspecified atom stereocenters. The van der Waals surface area contributed by atoms with Crippen LogP contribution in [0.1, 0.15) is 23.2 Å². The van der Waals surface area contributed by atoms with E-state index >= 15 is 0 Å². The zero-order valence-corrected chi connectivity index (χ0v) is 15.7. The van der Waals surface area contributed by atoms with Crippen LogP contribution in [0, 0.1) is 5.92 Å². The Bertz CT molecular complexity index is 642. The van der Waals surface area contributed by atoms with Crippen molar-refractivity contribution >= 4 is 11.6 Å². The number of nitrogens with zero attached hydrogens (tertiary/aromatic N) is 3. The minimum atomic E-state index is -0.590. The number of carbonyl (C=O) groups is 1. The number of anilines is 1. The molecule has 0 radical (unpaired) electrons. The smallest absolute Gasteiger partial charge is 0.253 e.